The van der Waals surface area contributed by atoms with Crippen LogP contribution in [0, 0.1) is 6.92 Å². The molecule has 10 nitrogen and oxygen atoms in total. The van der Waals surface area contributed by atoms with Crippen molar-refractivity contribution >= 4 is 35.5 Å². The highest BCUT2D eigenvalue weighted by molar-refractivity contribution is 6.59. The lowest BCUT2D eigenvalue weighted by Crippen LogP contribution is -2.49. The Balaban J connectivity index is 1.76. The van der Waals surface area contributed by atoms with Crippen LogP contribution in [-0.4, -0.2) is 55.5 Å². The lowest BCUT2D eigenvalue weighted by molar-refractivity contribution is -0.137. The Hall–Kier alpha value is -3.49. The fourth-order valence-corrected chi connectivity index (χ4v) is 4.11. The molecule has 1 aliphatic heterocycles. The van der Waals surface area contributed by atoms with E-state index in [1.54, 1.807) is 13.0 Å². The predicted molar refractivity (Wildman–Crippen MR) is 125 cm³/mol. The average Bonchev–Trinajstić information content (AvgIpc) is 3.27. The largest absolute Gasteiger partial charge is 0.496 e. The molecule has 190 valence electrons. The van der Waals surface area contributed by atoms with Crippen molar-refractivity contribution in [2.45, 2.75) is 39.4 Å². The molecular formula is C22H23BF3N5O5. The van der Waals surface area contributed by atoms with Gasteiger partial charge >= 0.3 is 13.3 Å². The van der Waals surface area contributed by atoms with E-state index in [9.17, 15) is 32.8 Å². The number of ether oxygens (including phenoxy) is 1. The molecule has 0 saturated heterocycles. The number of carbonyl (C=O) groups is 1. The zero-order valence-electron chi connectivity index (χ0n) is 19.5. The fraction of sp³-hybridized carbons (Fsp3) is 0.364. The van der Waals surface area contributed by atoms with Gasteiger partial charge in [0.2, 0.25) is 11.7 Å². The number of fused-ring (bicyclic) bond motifs is 1. The molecule has 3 aromatic rings. The summed E-state index contributed by atoms with van der Waals surface area (Å²) in [5.74, 6) is -0.357. The number of carbonyl (C=O) groups excluding carboxylic acids is 1. The standard InChI is InChI=1S/C22H23BF3N5O5/c1-3-16-18(23(34)35)20(33)31-21(28-19(29-31)13-6-8-36-9-7-13)30(16)11-17(32)27-15-5-4-14(10-12(15)2)22(24,25)26/h4-6,10,34-35H,3,7-9,11H2,1-2H3,(H,27,32). The van der Waals surface area contributed by atoms with Gasteiger partial charge in [0, 0.05) is 11.4 Å². The second kappa shape index (κ2) is 9.87. The van der Waals surface area contributed by atoms with Crippen LogP contribution in [0.1, 0.15) is 36.0 Å². The normalized spacial score (nSPS) is 14.1. The first kappa shape index (κ1) is 25.6. The van der Waals surface area contributed by atoms with E-state index in [1.807, 2.05) is 0 Å². The number of alkyl halides is 3. The number of anilines is 1. The highest BCUT2D eigenvalue weighted by atomic mass is 19.4. The Morgan fingerprint density at radius 2 is 2.06 bits per heavy atom. The summed E-state index contributed by atoms with van der Waals surface area (Å²) in [6.45, 7) is 3.50. The van der Waals surface area contributed by atoms with Crippen LogP contribution in [0.2, 0.25) is 0 Å². The smallest absolute Gasteiger partial charge is 0.423 e. The van der Waals surface area contributed by atoms with E-state index in [2.05, 4.69) is 15.4 Å². The summed E-state index contributed by atoms with van der Waals surface area (Å²) in [6.07, 6.45) is -2.08. The second-order valence-electron chi connectivity index (χ2n) is 8.26. The molecular weight excluding hydrogens is 482 g/mol. The lowest BCUT2D eigenvalue weighted by Gasteiger charge is -2.17. The van der Waals surface area contributed by atoms with Crippen molar-refractivity contribution in [3.63, 3.8) is 0 Å². The van der Waals surface area contributed by atoms with Gasteiger partial charge in [-0.1, -0.05) is 13.0 Å². The molecule has 0 saturated carbocycles. The number of hydrogen-bond acceptors (Lipinski definition) is 7. The van der Waals surface area contributed by atoms with E-state index in [1.165, 1.54) is 11.5 Å². The number of hydrogen-bond donors (Lipinski definition) is 3. The summed E-state index contributed by atoms with van der Waals surface area (Å²) in [6, 6.07) is 2.95. The molecule has 0 radical (unpaired) electrons. The highest BCUT2D eigenvalue weighted by Gasteiger charge is 2.31. The van der Waals surface area contributed by atoms with E-state index in [0.717, 1.165) is 28.3 Å². The van der Waals surface area contributed by atoms with Crippen molar-refractivity contribution in [1.29, 1.82) is 0 Å². The number of nitrogens with one attached hydrogen (secondary N) is 1. The van der Waals surface area contributed by atoms with E-state index in [-0.39, 0.29) is 40.4 Å². The van der Waals surface area contributed by atoms with Crippen LogP contribution in [0.5, 0.6) is 0 Å². The van der Waals surface area contributed by atoms with Gasteiger partial charge in [0.25, 0.3) is 5.56 Å². The minimum absolute atomic E-state index is 0.0166. The number of aromatic nitrogens is 4. The summed E-state index contributed by atoms with van der Waals surface area (Å²) in [7, 11) is -2.13. The molecule has 0 bridgehead atoms. The van der Waals surface area contributed by atoms with Crippen LogP contribution in [0.4, 0.5) is 18.9 Å². The van der Waals surface area contributed by atoms with Crippen LogP contribution in [0.15, 0.2) is 29.1 Å². The molecule has 0 aliphatic carbocycles. The van der Waals surface area contributed by atoms with Gasteiger partial charge in [0.1, 0.15) is 6.54 Å². The number of rotatable bonds is 6. The van der Waals surface area contributed by atoms with E-state index in [0.29, 0.717) is 19.6 Å². The van der Waals surface area contributed by atoms with Crippen LogP contribution < -0.4 is 16.3 Å². The molecule has 3 N–H and O–H groups in total. The Kier molecular flexibility index (Phi) is 7.02. The molecule has 0 unspecified atom stereocenters. The molecule has 14 heteroatoms. The Labute approximate surface area is 203 Å². The molecule has 0 fully saturated rings. The number of amides is 1. The predicted octanol–water partition coefficient (Wildman–Crippen LogP) is 0.903. The Bertz CT molecular complexity index is 1410. The number of nitrogens with zero attached hydrogens (tertiary/aromatic N) is 4. The maximum atomic E-state index is 13.0. The SMILES string of the molecule is CCc1c(B(O)O)c(=O)n2nc(C3=CCOCC3)nc2n1CC(=O)Nc1ccc(C(F)(F)F)cc1C. The van der Waals surface area contributed by atoms with Gasteiger partial charge in [-0.25, -0.2) is 0 Å². The van der Waals surface area contributed by atoms with Crippen LogP contribution >= 0.6 is 0 Å². The zero-order valence-corrected chi connectivity index (χ0v) is 19.5. The third-order valence-electron chi connectivity index (χ3n) is 5.86. The van der Waals surface area contributed by atoms with Crippen molar-refractivity contribution in [3.05, 3.63) is 57.3 Å². The van der Waals surface area contributed by atoms with Gasteiger partial charge in [-0.05, 0) is 49.1 Å². The summed E-state index contributed by atoms with van der Waals surface area (Å²) >= 11 is 0. The van der Waals surface area contributed by atoms with Gasteiger partial charge in [0.05, 0.1) is 24.2 Å². The van der Waals surface area contributed by atoms with Gasteiger partial charge < -0.3 is 24.7 Å². The number of aryl methyl sites for hydroxylation is 1. The maximum Gasteiger partial charge on any atom is 0.496 e. The lowest BCUT2D eigenvalue weighted by atomic mass is 9.79. The van der Waals surface area contributed by atoms with Crippen LogP contribution in [-0.2, 0) is 28.7 Å². The minimum Gasteiger partial charge on any atom is -0.423 e. The van der Waals surface area contributed by atoms with Crippen LogP contribution in [0.3, 0.4) is 0 Å². The quantitative estimate of drug-likeness (QED) is 0.425. The first-order valence-electron chi connectivity index (χ1n) is 11.1. The van der Waals surface area contributed by atoms with E-state index in [4.69, 9.17) is 4.74 Å². The molecule has 4 rings (SSSR count). The minimum atomic E-state index is -4.52. The molecule has 3 heterocycles. The van der Waals surface area contributed by atoms with Crippen molar-refractivity contribution in [2.24, 2.45) is 0 Å². The molecule has 2 aromatic heterocycles. The van der Waals surface area contributed by atoms with Gasteiger partial charge in [-0.2, -0.15) is 22.7 Å². The topological polar surface area (TPSA) is 131 Å². The Morgan fingerprint density at radius 1 is 1.31 bits per heavy atom. The first-order chi connectivity index (χ1) is 17.0. The first-order valence-corrected chi connectivity index (χ1v) is 11.1. The summed E-state index contributed by atoms with van der Waals surface area (Å²) in [4.78, 5) is 30.4. The summed E-state index contributed by atoms with van der Waals surface area (Å²) in [5.41, 5.74) is -0.666. The fourth-order valence-electron chi connectivity index (χ4n) is 4.11. The molecule has 1 aromatic carbocycles. The molecule has 1 amide bonds. The summed E-state index contributed by atoms with van der Waals surface area (Å²) in [5, 5.41) is 26.6. The van der Waals surface area contributed by atoms with E-state index >= 15 is 0 Å². The van der Waals surface area contributed by atoms with Gasteiger partial charge in [-0.15, -0.1) is 5.10 Å². The third-order valence-corrected chi connectivity index (χ3v) is 5.86. The monoisotopic (exact) mass is 505 g/mol. The van der Waals surface area contributed by atoms with Crippen molar-refractivity contribution in [3.8, 4) is 0 Å². The van der Waals surface area contributed by atoms with Crippen LogP contribution in [0.25, 0.3) is 11.4 Å². The number of halogens is 3. The third kappa shape index (κ3) is 4.92. The second-order valence-corrected chi connectivity index (χ2v) is 8.26. The molecule has 0 spiro atoms. The maximum absolute atomic E-state index is 13.0. The van der Waals surface area contributed by atoms with Crippen molar-refractivity contribution in [1.82, 2.24) is 19.2 Å². The van der Waals surface area contributed by atoms with E-state index < -0.39 is 36.9 Å². The average molecular weight is 505 g/mol. The number of benzene rings is 1. The van der Waals surface area contributed by atoms with Gasteiger partial charge in [-0.3, -0.25) is 9.59 Å². The molecule has 0 atom stereocenters. The Morgan fingerprint density at radius 3 is 2.64 bits per heavy atom. The summed E-state index contributed by atoms with van der Waals surface area (Å²) < 4.78 is 46.5. The van der Waals surface area contributed by atoms with Crippen molar-refractivity contribution < 1.29 is 32.8 Å². The van der Waals surface area contributed by atoms with Gasteiger partial charge in [0.15, 0.2) is 5.82 Å². The molecule has 1 aliphatic rings. The molecule has 36 heavy (non-hydrogen) atoms. The zero-order chi connectivity index (χ0) is 26.2. The highest BCUT2D eigenvalue weighted by Crippen LogP contribution is 2.31. The van der Waals surface area contributed by atoms with Crippen molar-refractivity contribution in [2.75, 3.05) is 18.5 Å².